The fourth-order valence-electron chi connectivity index (χ4n) is 7.99. The third-order valence-corrected chi connectivity index (χ3v) is 11.2. The summed E-state index contributed by atoms with van der Waals surface area (Å²) in [5.41, 5.74) is 0.473. The van der Waals surface area contributed by atoms with Gasteiger partial charge in [0.15, 0.2) is 30.4 Å². The van der Waals surface area contributed by atoms with Crippen LogP contribution in [0.2, 0.25) is 0 Å². The summed E-state index contributed by atoms with van der Waals surface area (Å²) in [5.74, 6) is 0.913. The number of anilines is 1. The molecule has 4 heterocycles. The number of rotatable bonds is 7. The van der Waals surface area contributed by atoms with Crippen LogP contribution < -0.4 is 5.73 Å². The number of methoxy groups -OCH3 is 1. The zero-order valence-corrected chi connectivity index (χ0v) is 33.7. The number of likely N-dealkylation sites (N-methyl/N-ethyl adjacent to an activating group) is 1. The van der Waals surface area contributed by atoms with Gasteiger partial charge in [-0.15, -0.1) is 0 Å². The van der Waals surface area contributed by atoms with Crippen molar-refractivity contribution in [1.82, 2.24) is 9.88 Å². The summed E-state index contributed by atoms with van der Waals surface area (Å²) in [5, 5.41) is 16.0. The van der Waals surface area contributed by atoms with E-state index in [1.807, 2.05) is 32.8 Å². The molecule has 4 rings (SSSR count). The Kier molecular flexibility index (Phi) is 14.0. The molecule has 16 heteroatoms. The van der Waals surface area contributed by atoms with Crippen LogP contribution in [0.15, 0.2) is 23.5 Å². The van der Waals surface area contributed by atoms with E-state index in [1.165, 1.54) is 27.2 Å². The van der Waals surface area contributed by atoms with Gasteiger partial charge in [0.05, 0.1) is 23.5 Å². The van der Waals surface area contributed by atoms with Crippen molar-refractivity contribution in [3.05, 3.63) is 23.9 Å². The number of aliphatic hydroxyl groups excluding tert-OH is 1. The van der Waals surface area contributed by atoms with Crippen LogP contribution in [0, 0.1) is 29.6 Å². The van der Waals surface area contributed by atoms with Gasteiger partial charge in [-0.1, -0.05) is 44.7 Å². The van der Waals surface area contributed by atoms with E-state index >= 15 is 4.39 Å². The van der Waals surface area contributed by atoms with Gasteiger partial charge in [-0.3, -0.25) is 4.79 Å². The number of nitrogens with zero attached hydrogens (tertiary/aromatic N) is 3. The molecular weight excluding hydrogens is 719 g/mol. The zero-order valence-electron chi connectivity index (χ0n) is 33.7. The molecule has 0 spiro atoms. The van der Waals surface area contributed by atoms with E-state index in [0.29, 0.717) is 23.5 Å². The van der Waals surface area contributed by atoms with Gasteiger partial charge >= 0.3 is 12.1 Å². The normalized spacial score (nSPS) is 39.6. The number of carbonyl (C=O) groups excluding carboxylic acids is 3. The Labute approximate surface area is 322 Å². The number of pyridine rings is 1. The molecule has 3 N–H and O–H groups in total. The van der Waals surface area contributed by atoms with E-state index in [9.17, 15) is 19.5 Å². The standard InChI is InChI=1S/C39H57FN4O11/c1-12-27-39(8)33(54-36(48)55-39)23(4)29(43-50-17-13-14-25-15-16-28(41)42-20-25)21(2)19-37(6,49-11)32(24(5)31(46)38(7,40)35(47)52-27)53-34-30(45)26(44(9)10)18-22(3)51-34/h15-16,20-24,26-27,30,32-34,45H,12,17-19H2,1-11H3,(H2,41,42)/b43-29+/t21-,22-,23+,24+,26+,27-,30-,32-,33-,34+,37-,38+,39-/m1/s1. The predicted molar refractivity (Wildman–Crippen MR) is 198 cm³/mol. The maximum absolute atomic E-state index is 16.7. The van der Waals surface area contributed by atoms with Gasteiger partial charge in [-0.05, 0) is 73.2 Å². The number of Topliss-reactive ketones (excluding diaryl/α,β-unsaturated/α-hetero) is 1. The highest BCUT2D eigenvalue weighted by Gasteiger charge is 2.60. The molecule has 0 saturated carbocycles. The fourth-order valence-corrected chi connectivity index (χ4v) is 7.99. The Hall–Kier alpha value is -3.88. The van der Waals surface area contributed by atoms with E-state index < -0.39 is 83.2 Å². The smallest absolute Gasteiger partial charge is 0.455 e. The van der Waals surface area contributed by atoms with Crippen molar-refractivity contribution in [1.29, 1.82) is 0 Å². The fraction of sp³-hybridized carbons (Fsp3) is 0.718. The van der Waals surface area contributed by atoms with Crippen molar-refractivity contribution < 1.29 is 57.1 Å². The highest BCUT2D eigenvalue weighted by Crippen LogP contribution is 2.43. The number of aromatic nitrogens is 1. The van der Waals surface area contributed by atoms with Gasteiger partial charge in [0.25, 0.3) is 5.67 Å². The molecule has 3 aliphatic rings. The van der Waals surface area contributed by atoms with Crippen molar-refractivity contribution in [2.24, 2.45) is 22.9 Å². The number of esters is 1. The molecule has 306 valence electrons. The van der Waals surface area contributed by atoms with Crippen LogP contribution >= 0.6 is 0 Å². The molecule has 55 heavy (non-hydrogen) atoms. The first-order valence-electron chi connectivity index (χ1n) is 18.6. The maximum atomic E-state index is 16.7. The number of alkyl halides is 1. The Bertz CT molecular complexity index is 1630. The molecule has 0 bridgehead atoms. The lowest BCUT2D eigenvalue weighted by Gasteiger charge is -2.47. The largest absolute Gasteiger partial charge is 0.509 e. The minimum atomic E-state index is -3.17. The number of carbonyl (C=O) groups is 3. The molecule has 0 unspecified atom stereocenters. The minimum Gasteiger partial charge on any atom is -0.455 e. The summed E-state index contributed by atoms with van der Waals surface area (Å²) >= 11 is 0. The van der Waals surface area contributed by atoms with Gasteiger partial charge in [-0.25, -0.2) is 19.0 Å². The Balaban J connectivity index is 1.83. The zero-order chi connectivity index (χ0) is 41.0. The molecule has 0 aliphatic carbocycles. The number of ketones is 1. The third-order valence-electron chi connectivity index (χ3n) is 11.2. The van der Waals surface area contributed by atoms with Gasteiger partial charge in [0.1, 0.15) is 18.0 Å². The molecule has 3 saturated heterocycles. The summed E-state index contributed by atoms with van der Waals surface area (Å²) in [7, 11) is 5.07. The molecule has 0 aromatic carbocycles. The minimum absolute atomic E-state index is 0.0751. The highest BCUT2D eigenvalue weighted by atomic mass is 19.1. The Morgan fingerprint density at radius 3 is 2.40 bits per heavy atom. The van der Waals surface area contributed by atoms with Crippen molar-refractivity contribution in [2.45, 2.75) is 134 Å². The highest BCUT2D eigenvalue weighted by molar-refractivity contribution is 6.08. The summed E-state index contributed by atoms with van der Waals surface area (Å²) in [6, 6.07) is 2.98. The number of ether oxygens (including phenoxy) is 6. The molecule has 0 amide bonds. The lowest BCUT2D eigenvalue weighted by atomic mass is 9.73. The second-order valence-electron chi connectivity index (χ2n) is 15.6. The average molecular weight is 777 g/mol. The van der Waals surface area contributed by atoms with Gasteiger partial charge in [0, 0.05) is 42.7 Å². The van der Waals surface area contributed by atoms with E-state index in [0.717, 1.165) is 6.92 Å². The number of cyclic esters (lactones) is 1. The van der Waals surface area contributed by atoms with Crippen LogP contribution in [0.4, 0.5) is 15.0 Å². The van der Waals surface area contributed by atoms with Gasteiger partial charge in [0.2, 0.25) is 0 Å². The SMILES string of the molecule is CC[C@H]1OC(=O)[C@@](C)(F)C(=O)[C@H](C)[C@@H](O[C@@H]2O[C@H](C)C[C@H](N(C)C)[C@H]2O)[C@](C)(OC)C[C@@H](C)/C(=N\OCC#Cc2ccc(N)nc2)[C@H](C)[C@H]2OC(=O)O[C@@]21C. The Morgan fingerprint density at radius 1 is 1.11 bits per heavy atom. The number of fused-ring (bicyclic) bond motifs is 1. The lowest BCUT2D eigenvalue weighted by Crippen LogP contribution is -2.61. The lowest BCUT2D eigenvalue weighted by molar-refractivity contribution is -0.295. The summed E-state index contributed by atoms with van der Waals surface area (Å²) in [6.07, 6.45) is -5.19. The molecule has 15 nitrogen and oxygen atoms in total. The van der Waals surface area contributed by atoms with Crippen LogP contribution in [-0.4, -0.2) is 126 Å². The van der Waals surface area contributed by atoms with E-state index in [2.05, 4.69) is 22.0 Å². The maximum Gasteiger partial charge on any atom is 0.509 e. The summed E-state index contributed by atoms with van der Waals surface area (Å²) < 4.78 is 52.6. The van der Waals surface area contributed by atoms with Crippen molar-refractivity contribution >= 4 is 29.4 Å². The summed E-state index contributed by atoms with van der Waals surface area (Å²) in [4.78, 5) is 52.3. The Morgan fingerprint density at radius 2 is 1.80 bits per heavy atom. The predicted octanol–water partition coefficient (Wildman–Crippen LogP) is 3.83. The summed E-state index contributed by atoms with van der Waals surface area (Å²) in [6.45, 7) is 12.5. The van der Waals surface area contributed by atoms with Crippen LogP contribution in [0.1, 0.15) is 80.2 Å². The number of hydrogen-bond donors (Lipinski definition) is 2. The molecular formula is C39H57FN4O11. The second kappa shape index (κ2) is 17.5. The van der Waals surface area contributed by atoms with Gasteiger partial charge < -0.3 is 49.0 Å². The van der Waals surface area contributed by atoms with Gasteiger partial charge in [-0.2, -0.15) is 0 Å². The molecule has 1 aromatic rings. The molecule has 0 radical (unpaired) electrons. The number of nitrogen functional groups attached to an aromatic ring is 1. The first-order valence-corrected chi connectivity index (χ1v) is 18.6. The van der Waals surface area contributed by atoms with Crippen LogP contribution in [0.3, 0.4) is 0 Å². The quantitative estimate of drug-likeness (QED) is 0.134. The van der Waals surface area contributed by atoms with E-state index in [1.54, 1.807) is 32.9 Å². The topological polar surface area (TPSA) is 191 Å². The second-order valence-corrected chi connectivity index (χ2v) is 15.6. The van der Waals surface area contributed by atoms with E-state index in [4.69, 9.17) is 39.0 Å². The van der Waals surface area contributed by atoms with E-state index in [-0.39, 0.29) is 31.6 Å². The number of halogens is 1. The van der Waals surface area contributed by atoms with Crippen molar-refractivity contribution in [3.8, 4) is 11.8 Å². The third kappa shape index (κ3) is 9.40. The molecule has 3 fully saturated rings. The molecule has 13 atom stereocenters. The number of oxime groups is 1. The first-order chi connectivity index (χ1) is 25.7. The average Bonchev–Trinajstić information content (AvgIpc) is 3.45. The molecule has 3 aliphatic heterocycles. The first kappa shape index (κ1) is 43.8. The van der Waals surface area contributed by atoms with Crippen molar-refractivity contribution in [3.63, 3.8) is 0 Å². The van der Waals surface area contributed by atoms with Crippen molar-refractivity contribution in [2.75, 3.05) is 33.5 Å². The van der Waals surface area contributed by atoms with Crippen LogP contribution in [-0.2, 0) is 42.8 Å². The monoisotopic (exact) mass is 776 g/mol. The number of aliphatic hydroxyl groups is 1. The van der Waals surface area contributed by atoms with Crippen LogP contribution in [0.25, 0.3) is 0 Å². The van der Waals surface area contributed by atoms with Crippen LogP contribution in [0.5, 0.6) is 0 Å². The molecule has 1 aromatic heterocycles. The number of hydrogen-bond acceptors (Lipinski definition) is 15. The number of nitrogens with two attached hydrogens (primary N) is 1.